The number of amides is 1. The van der Waals surface area contributed by atoms with Gasteiger partial charge in [0.2, 0.25) is 5.91 Å². The van der Waals surface area contributed by atoms with Crippen molar-refractivity contribution >= 4 is 11.6 Å². The predicted octanol–water partition coefficient (Wildman–Crippen LogP) is 2.21. The Hall–Kier alpha value is -2.47. The van der Waals surface area contributed by atoms with Gasteiger partial charge < -0.3 is 15.2 Å². The zero-order valence-corrected chi connectivity index (χ0v) is 12.0. The molecule has 1 aromatic carbocycles. The number of hydrogen-bond acceptors (Lipinski definition) is 5. The molecule has 3 rings (SSSR count). The molecule has 1 aliphatic rings. The third-order valence-corrected chi connectivity index (χ3v) is 3.32. The lowest BCUT2D eigenvalue weighted by Gasteiger charge is -2.06. The number of phenolic OH excluding ortho intramolecular Hbond substituents is 1. The quantitative estimate of drug-likeness (QED) is 0.854. The number of nitrogens with zero attached hydrogens (tertiary/aromatic N) is 2. The number of anilines is 1. The van der Waals surface area contributed by atoms with Crippen LogP contribution in [0.1, 0.15) is 12.8 Å². The summed E-state index contributed by atoms with van der Waals surface area (Å²) in [5.74, 6) is 1.07. The SMILES string of the molecule is O=C(COCC1CC1)Nc1cnc(-c2cccc(O)c2)nc1. The van der Waals surface area contributed by atoms with Crippen molar-refractivity contribution in [2.75, 3.05) is 18.5 Å². The molecule has 1 saturated carbocycles. The molecule has 1 amide bonds. The van der Waals surface area contributed by atoms with Crippen molar-refractivity contribution in [2.45, 2.75) is 12.8 Å². The van der Waals surface area contributed by atoms with E-state index < -0.39 is 0 Å². The van der Waals surface area contributed by atoms with Gasteiger partial charge in [0.25, 0.3) is 0 Å². The molecule has 1 aliphatic carbocycles. The van der Waals surface area contributed by atoms with E-state index in [9.17, 15) is 9.90 Å². The lowest BCUT2D eigenvalue weighted by molar-refractivity contribution is -0.120. The molecule has 1 fully saturated rings. The van der Waals surface area contributed by atoms with Crippen molar-refractivity contribution in [3.8, 4) is 17.1 Å². The molecule has 6 nitrogen and oxygen atoms in total. The molecule has 2 aromatic rings. The number of ether oxygens (including phenoxy) is 1. The van der Waals surface area contributed by atoms with Gasteiger partial charge in [0.1, 0.15) is 12.4 Å². The summed E-state index contributed by atoms with van der Waals surface area (Å²) in [7, 11) is 0. The Morgan fingerprint density at radius 3 is 2.77 bits per heavy atom. The number of phenols is 1. The predicted molar refractivity (Wildman–Crippen MR) is 81.3 cm³/mol. The molecule has 1 heterocycles. The van der Waals surface area contributed by atoms with Crippen LogP contribution in [0.4, 0.5) is 5.69 Å². The molecule has 0 radical (unpaired) electrons. The first-order valence-electron chi connectivity index (χ1n) is 7.20. The summed E-state index contributed by atoms with van der Waals surface area (Å²) >= 11 is 0. The minimum absolute atomic E-state index is 0.0464. The molecule has 114 valence electrons. The number of aromatic hydroxyl groups is 1. The van der Waals surface area contributed by atoms with E-state index in [-0.39, 0.29) is 18.3 Å². The normalized spacial score (nSPS) is 13.8. The molecular weight excluding hydrogens is 282 g/mol. The van der Waals surface area contributed by atoms with Gasteiger partial charge in [-0.25, -0.2) is 9.97 Å². The Morgan fingerprint density at radius 2 is 2.09 bits per heavy atom. The summed E-state index contributed by atoms with van der Waals surface area (Å²) in [5, 5.41) is 12.1. The van der Waals surface area contributed by atoms with E-state index in [1.54, 1.807) is 24.3 Å². The molecule has 0 unspecified atom stereocenters. The fourth-order valence-electron chi connectivity index (χ4n) is 1.99. The van der Waals surface area contributed by atoms with E-state index in [0.29, 0.717) is 29.6 Å². The number of benzene rings is 1. The van der Waals surface area contributed by atoms with Crippen molar-refractivity contribution < 1.29 is 14.6 Å². The van der Waals surface area contributed by atoms with Crippen LogP contribution in [0.5, 0.6) is 5.75 Å². The molecule has 0 aliphatic heterocycles. The molecule has 2 N–H and O–H groups in total. The Morgan fingerprint density at radius 1 is 1.32 bits per heavy atom. The highest BCUT2D eigenvalue weighted by molar-refractivity contribution is 5.91. The topological polar surface area (TPSA) is 84.3 Å². The molecule has 1 aromatic heterocycles. The largest absolute Gasteiger partial charge is 0.508 e. The average Bonchev–Trinajstić information content (AvgIpc) is 3.32. The van der Waals surface area contributed by atoms with Gasteiger partial charge in [-0.1, -0.05) is 12.1 Å². The monoisotopic (exact) mass is 299 g/mol. The highest BCUT2D eigenvalue weighted by atomic mass is 16.5. The van der Waals surface area contributed by atoms with Crippen LogP contribution in [-0.2, 0) is 9.53 Å². The van der Waals surface area contributed by atoms with E-state index in [1.165, 1.54) is 25.2 Å². The van der Waals surface area contributed by atoms with Gasteiger partial charge in [-0.2, -0.15) is 0 Å². The smallest absolute Gasteiger partial charge is 0.250 e. The van der Waals surface area contributed by atoms with Gasteiger partial charge in [0, 0.05) is 5.56 Å². The van der Waals surface area contributed by atoms with Crippen molar-refractivity contribution in [2.24, 2.45) is 5.92 Å². The first-order chi connectivity index (χ1) is 10.7. The van der Waals surface area contributed by atoms with Crippen LogP contribution in [0.15, 0.2) is 36.7 Å². The number of nitrogens with one attached hydrogen (secondary N) is 1. The van der Waals surface area contributed by atoms with Crippen molar-refractivity contribution in [1.29, 1.82) is 0 Å². The maximum atomic E-state index is 11.7. The maximum Gasteiger partial charge on any atom is 0.250 e. The number of rotatable bonds is 6. The highest BCUT2D eigenvalue weighted by Crippen LogP contribution is 2.28. The van der Waals surface area contributed by atoms with E-state index in [2.05, 4.69) is 15.3 Å². The third-order valence-electron chi connectivity index (χ3n) is 3.32. The first-order valence-corrected chi connectivity index (χ1v) is 7.20. The minimum Gasteiger partial charge on any atom is -0.508 e. The number of carbonyl (C=O) groups excluding carboxylic acids is 1. The molecule has 0 spiro atoms. The van der Waals surface area contributed by atoms with Gasteiger partial charge >= 0.3 is 0 Å². The van der Waals surface area contributed by atoms with Crippen LogP contribution in [-0.4, -0.2) is 34.2 Å². The fraction of sp³-hybridized carbons (Fsp3) is 0.312. The standard InChI is InChI=1S/C16H17N3O3/c20-14-3-1-2-12(6-14)16-17-7-13(8-18-16)19-15(21)10-22-9-11-4-5-11/h1-3,6-8,11,20H,4-5,9-10H2,(H,19,21). The lowest BCUT2D eigenvalue weighted by atomic mass is 10.2. The second-order valence-corrected chi connectivity index (χ2v) is 5.35. The molecular formula is C16H17N3O3. The number of hydrogen-bond donors (Lipinski definition) is 2. The van der Waals surface area contributed by atoms with Crippen LogP contribution in [0, 0.1) is 5.92 Å². The lowest BCUT2D eigenvalue weighted by Crippen LogP contribution is -2.19. The second kappa shape index (κ2) is 6.53. The Bertz CT molecular complexity index is 654. The van der Waals surface area contributed by atoms with Gasteiger partial charge in [-0.15, -0.1) is 0 Å². The Kier molecular flexibility index (Phi) is 4.29. The van der Waals surface area contributed by atoms with E-state index in [1.807, 2.05) is 0 Å². The van der Waals surface area contributed by atoms with Crippen LogP contribution in [0.25, 0.3) is 11.4 Å². The summed E-state index contributed by atoms with van der Waals surface area (Å²) in [6.45, 7) is 0.700. The minimum atomic E-state index is -0.214. The summed E-state index contributed by atoms with van der Waals surface area (Å²) in [6.07, 6.45) is 5.47. The van der Waals surface area contributed by atoms with Crippen LogP contribution < -0.4 is 5.32 Å². The van der Waals surface area contributed by atoms with E-state index in [4.69, 9.17) is 4.74 Å². The van der Waals surface area contributed by atoms with E-state index in [0.717, 1.165) is 0 Å². The summed E-state index contributed by atoms with van der Waals surface area (Å²) < 4.78 is 5.32. The molecule has 22 heavy (non-hydrogen) atoms. The fourth-order valence-corrected chi connectivity index (χ4v) is 1.99. The summed E-state index contributed by atoms with van der Waals surface area (Å²) in [4.78, 5) is 20.1. The second-order valence-electron chi connectivity index (χ2n) is 5.35. The zero-order valence-electron chi connectivity index (χ0n) is 12.0. The van der Waals surface area contributed by atoms with Crippen LogP contribution in [0.2, 0.25) is 0 Å². The van der Waals surface area contributed by atoms with Crippen LogP contribution in [0.3, 0.4) is 0 Å². The van der Waals surface area contributed by atoms with Gasteiger partial charge in [0.05, 0.1) is 24.7 Å². The van der Waals surface area contributed by atoms with Gasteiger partial charge in [-0.3, -0.25) is 4.79 Å². The highest BCUT2D eigenvalue weighted by Gasteiger charge is 2.21. The number of carbonyl (C=O) groups is 1. The Labute approximate surface area is 128 Å². The van der Waals surface area contributed by atoms with Gasteiger partial charge in [-0.05, 0) is 30.9 Å². The van der Waals surface area contributed by atoms with Crippen molar-refractivity contribution in [1.82, 2.24) is 9.97 Å². The number of aromatic nitrogens is 2. The van der Waals surface area contributed by atoms with Crippen molar-refractivity contribution in [3.63, 3.8) is 0 Å². The van der Waals surface area contributed by atoms with E-state index >= 15 is 0 Å². The molecule has 0 atom stereocenters. The summed E-state index contributed by atoms with van der Waals surface area (Å²) in [5.41, 5.74) is 1.23. The van der Waals surface area contributed by atoms with Crippen molar-refractivity contribution in [3.05, 3.63) is 36.7 Å². The molecule has 6 heteroatoms. The van der Waals surface area contributed by atoms with Crippen LogP contribution >= 0.6 is 0 Å². The maximum absolute atomic E-state index is 11.7. The van der Waals surface area contributed by atoms with Gasteiger partial charge in [0.15, 0.2) is 5.82 Å². The summed E-state index contributed by atoms with van der Waals surface area (Å²) in [6, 6.07) is 6.69. The Balaban J connectivity index is 1.55. The molecule has 0 saturated heterocycles. The zero-order chi connectivity index (χ0) is 15.4. The average molecular weight is 299 g/mol. The molecule has 0 bridgehead atoms. The third kappa shape index (κ3) is 4.02. The first kappa shape index (κ1) is 14.5.